The van der Waals surface area contributed by atoms with E-state index in [0.29, 0.717) is 30.9 Å². The highest BCUT2D eigenvalue weighted by Gasteiger charge is 2.26. The molecule has 1 saturated heterocycles. The van der Waals surface area contributed by atoms with Gasteiger partial charge in [0.2, 0.25) is 5.88 Å². The summed E-state index contributed by atoms with van der Waals surface area (Å²) in [4.78, 5) is 16.1. The van der Waals surface area contributed by atoms with E-state index in [1.807, 2.05) is 24.4 Å². The van der Waals surface area contributed by atoms with Crippen molar-refractivity contribution in [2.24, 2.45) is 11.8 Å². The van der Waals surface area contributed by atoms with Crippen LogP contribution in [0.2, 0.25) is 0 Å². The molecule has 31 heavy (non-hydrogen) atoms. The Hall–Kier alpha value is -3.09. The minimum atomic E-state index is 0.560. The fraction of sp³-hybridized carbons (Fsp3) is 0.458. The zero-order valence-corrected chi connectivity index (χ0v) is 18.1. The van der Waals surface area contributed by atoms with Crippen LogP contribution in [0.25, 0.3) is 11.0 Å². The van der Waals surface area contributed by atoms with Crippen LogP contribution in [0.4, 0.5) is 5.69 Å². The lowest BCUT2D eigenvalue weighted by Gasteiger charge is -2.36. The summed E-state index contributed by atoms with van der Waals surface area (Å²) in [5, 5.41) is 0. The van der Waals surface area contributed by atoms with Gasteiger partial charge in [-0.1, -0.05) is 6.92 Å². The predicted molar refractivity (Wildman–Crippen MR) is 119 cm³/mol. The molecular weight excluding hydrogens is 392 g/mol. The molecule has 2 aliphatic rings. The molecule has 1 atom stereocenters. The number of fused-ring (bicyclic) bond motifs is 2. The third-order valence-corrected chi connectivity index (χ3v) is 6.45. The van der Waals surface area contributed by atoms with Crippen molar-refractivity contribution in [2.75, 3.05) is 38.3 Å². The summed E-state index contributed by atoms with van der Waals surface area (Å²) in [5.41, 5.74) is 4.03. The summed E-state index contributed by atoms with van der Waals surface area (Å²) in [6.45, 7) is 5.57. The Kier molecular flexibility index (Phi) is 5.49. The number of nitrogens with zero attached hydrogens (tertiary/aromatic N) is 4. The van der Waals surface area contributed by atoms with Crippen LogP contribution in [0.3, 0.4) is 0 Å². The third-order valence-electron chi connectivity index (χ3n) is 6.45. The third kappa shape index (κ3) is 4.09. The van der Waals surface area contributed by atoms with E-state index in [-0.39, 0.29) is 0 Å². The van der Waals surface area contributed by atoms with E-state index < -0.39 is 0 Å². The molecule has 162 valence electrons. The van der Waals surface area contributed by atoms with Crippen LogP contribution in [-0.2, 0) is 6.42 Å². The molecule has 0 spiro atoms. The Morgan fingerprint density at radius 1 is 1.10 bits per heavy atom. The van der Waals surface area contributed by atoms with E-state index in [2.05, 4.69) is 32.8 Å². The molecule has 0 amide bonds. The maximum absolute atomic E-state index is 5.71. The van der Waals surface area contributed by atoms with Gasteiger partial charge in [-0.25, -0.2) is 4.98 Å². The Morgan fingerprint density at radius 3 is 2.71 bits per heavy atom. The first-order valence-electron chi connectivity index (χ1n) is 11.0. The number of ether oxygens (including phenoxy) is 3. The van der Waals surface area contributed by atoms with Gasteiger partial charge in [-0.15, -0.1) is 0 Å². The number of pyridine rings is 3. The van der Waals surface area contributed by atoms with Gasteiger partial charge < -0.3 is 19.1 Å². The topological polar surface area (TPSA) is 69.6 Å². The smallest absolute Gasteiger partial charge is 0.213 e. The van der Waals surface area contributed by atoms with Crippen LogP contribution >= 0.6 is 0 Å². The van der Waals surface area contributed by atoms with E-state index in [4.69, 9.17) is 14.2 Å². The zero-order valence-electron chi connectivity index (χ0n) is 18.1. The molecule has 0 N–H and O–H groups in total. The summed E-state index contributed by atoms with van der Waals surface area (Å²) in [5.74, 6) is 3.43. The molecule has 1 fully saturated rings. The van der Waals surface area contributed by atoms with E-state index >= 15 is 0 Å². The second kappa shape index (κ2) is 8.57. The monoisotopic (exact) mass is 420 g/mol. The van der Waals surface area contributed by atoms with Gasteiger partial charge in [0.15, 0.2) is 11.5 Å². The molecule has 3 aromatic rings. The van der Waals surface area contributed by atoms with Crippen LogP contribution in [0, 0.1) is 11.8 Å². The molecule has 3 aromatic heterocycles. The molecule has 2 aliphatic heterocycles. The minimum Gasteiger partial charge on any atom is -0.486 e. The SMILES string of the molecule is COc1ccc2nccc(N3CCC(C(C)Cc4cc5c(cn4)OCCO5)CC3)c2n1. The average molecular weight is 421 g/mol. The van der Waals surface area contributed by atoms with Gasteiger partial charge in [0.1, 0.15) is 18.7 Å². The van der Waals surface area contributed by atoms with Crippen molar-refractivity contribution in [3.63, 3.8) is 0 Å². The lowest BCUT2D eigenvalue weighted by atomic mass is 9.82. The van der Waals surface area contributed by atoms with Crippen LogP contribution < -0.4 is 19.1 Å². The molecule has 0 aromatic carbocycles. The van der Waals surface area contributed by atoms with Gasteiger partial charge in [-0.3, -0.25) is 9.97 Å². The van der Waals surface area contributed by atoms with Crippen LogP contribution in [0.5, 0.6) is 17.4 Å². The molecule has 1 unspecified atom stereocenters. The second-order valence-electron chi connectivity index (χ2n) is 8.38. The molecule has 7 heteroatoms. The van der Waals surface area contributed by atoms with Crippen LogP contribution in [0.1, 0.15) is 25.5 Å². The fourth-order valence-corrected chi connectivity index (χ4v) is 4.67. The highest BCUT2D eigenvalue weighted by Crippen LogP contribution is 2.34. The van der Waals surface area contributed by atoms with Gasteiger partial charge in [0.05, 0.1) is 24.5 Å². The maximum Gasteiger partial charge on any atom is 0.213 e. The van der Waals surface area contributed by atoms with Crippen molar-refractivity contribution < 1.29 is 14.2 Å². The molecule has 5 heterocycles. The number of aromatic nitrogens is 3. The predicted octanol–water partition coefficient (Wildman–Crippen LogP) is 3.90. The number of piperidine rings is 1. The number of methoxy groups -OCH3 is 1. The molecule has 0 aliphatic carbocycles. The summed E-state index contributed by atoms with van der Waals surface area (Å²) in [6.07, 6.45) is 6.93. The normalized spacial score (nSPS) is 17.5. The lowest BCUT2D eigenvalue weighted by Crippen LogP contribution is -2.36. The van der Waals surface area contributed by atoms with E-state index in [1.165, 1.54) is 0 Å². The van der Waals surface area contributed by atoms with Crippen molar-refractivity contribution in [3.05, 3.63) is 42.4 Å². The van der Waals surface area contributed by atoms with Gasteiger partial charge in [-0.05, 0) is 43.2 Å². The summed E-state index contributed by atoms with van der Waals surface area (Å²) < 4.78 is 16.6. The van der Waals surface area contributed by atoms with Gasteiger partial charge in [-0.2, -0.15) is 0 Å². The Bertz CT molecular complexity index is 1070. The van der Waals surface area contributed by atoms with Crippen LogP contribution in [-0.4, -0.2) is 48.4 Å². The minimum absolute atomic E-state index is 0.560. The highest BCUT2D eigenvalue weighted by molar-refractivity contribution is 5.88. The Balaban J connectivity index is 1.25. The number of anilines is 1. The number of hydrogen-bond donors (Lipinski definition) is 0. The molecule has 0 saturated carbocycles. The molecule has 7 nitrogen and oxygen atoms in total. The summed E-state index contributed by atoms with van der Waals surface area (Å²) >= 11 is 0. The zero-order chi connectivity index (χ0) is 21.2. The van der Waals surface area contributed by atoms with Gasteiger partial charge >= 0.3 is 0 Å². The summed E-state index contributed by atoms with van der Waals surface area (Å²) in [6, 6.07) is 7.94. The number of hydrogen-bond acceptors (Lipinski definition) is 7. The number of rotatable bonds is 5. The van der Waals surface area contributed by atoms with Crippen molar-refractivity contribution in [1.29, 1.82) is 0 Å². The van der Waals surface area contributed by atoms with Crippen molar-refractivity contribution in [1.82, 2.24) is 15.0 Å². The maximum atomic E-state index is 5.71. The molecule has 0 bridgehead atoms. The first-order chi connectivity index (χ1) is 15.2. The molecule has 0 radical (unpaired) electrons. The van der Waals surface area contributed by atoms with Crippen LogP contribution in [0.15, 0.2) is 36.7 Å². The highest BCUT2D eigenvalue weighted by atomic mass is 16.6. The largest absolute Gasteiger partial charge is 0.486 e. The lowest BCUT2D eigenvalue weighted by molar-refractivity contribution is 0.170. The fourth-order valence-electron chi connectivity index (χ4n) is 4.67. The van der Waals surface area contributed by atoms with Gasteiger partial charge in [0, 0.05) is 37.1 Å². The first-order valence-corrected chi connectivity index (χ1v) is 11.0. The Morgan fingerprint density at radius 2 is 1.90 bits per heavy atom. The van der Waals surface area contributed by atoms with E-state index in [1.54, 1.807) is 13.3 Å². The van der Waals surface area contributed by atoms with E-state index in [0.717, 1.165) is 66.3 Å². The van der Waals surface area contributed by atoms with Crippen molar-refractivity contribution >= 4 is 16.7 Å². The Labute approximate surface area is 182 Å². The summed E-state index contributed by atoms with van der Waals surface area (Å²) in [7, 11) is 1.65. The first kappa shape index (κ1) is 19.8. The van der Waals surface area contributed by atoms with Gasteiger partial charge in [0.25, 0.3) is 0 Å². The van der Waals surface area contributed by atoms with Crippen molar-refractivity contribution in [3.8, 4) is 17.4 Å². The second-order valence-corrected chi connectivity index (χ2v) is 8.38. The van der Waals surface area contributed by atoms with E-state index in [9.17, 15) is 0 Å². The average Bonchev–Trinajstić information content (AvgIpc) is 2.83. The van der Waals surface area contributed by atoms with Crippen molar-refractivity contribution in [2.45, 2.75) is 26.2 Å². The molecule has 5 rings (SSSR count). The quantitative estimate of drug-likeness (QED) is 0.620. The molecular formula is C24H28N4O3. The standard InChI is InChI=1S/C24H28N4O3/c1-16(13-18-14-21-22(15-26-18)31-12-11-30-21)17-6-9-28(10-7-17)20-5-8-25-19-3-4-23(29-2)27-24(19)20/h3-5,8,14-17H,6-7,9-13H2,1-2H3.